The minimum atomic E-state index is -3.60. The van der Waals surface area contributed by atoms with Gasteiger partial charge in [0.15, 0.2) is 4.90 Å². The lowest BCUT2D eigenvalue weighted by molar-refractivity contribution is 0.0749. The van der Waals surface area contributed by atoms with Crippen molar-refractivity contribution < 1.29 is 13.2 Å². The minimum Gasteiger partial charge on any atom is -0.378 e. The molecule has 0 amide bonds. The Labute approximate surface area is 307 Å². The van der Waals surface area contributed by atoms with Gasteiger partial charge in [0.05, 0.1) is 38.2 Å². The summed E-state index contributed by atoms with van der Waals surface area (Å²) < 4.78 is 35.7. The van der Waals surface area contributed by atoms with E-state index in [1.54, 1.807) is 19.2 Å². The largest absolute Gasteiger partial charge is 0.378 e. The molecule has 1 fully saturated rings. The van der Waals surface area contributed by atoms with Gasteiger partial charge in [-0.3, -0.25) is 0 Å². The van der Waals surface area contributed by atoms with Gasteiger partial charge >= 0.3 is 0 Å². The van der Waals surface area contributed by atoms with Crippen LogP contribution in [0.25, 0.3) is 0 Å². The van der Waals surface area contributed by atoms with E-state index < -0.39 is 27.4 Å². The van der Waals surface area contributed by atoms with Gasteiger partial charge in [0, 0.05) is 3.71 Å². The van der Waals surface area contributed by atoms with Crippen molar-refractivity contribution in [3.8, 4) is 0 Å². The summed E-state index contributed by atoms with van der Waals surface area (Å²) in [7, 11) is -1.93. The monoisotopic (exact) mass is 712 g/mol. The molecule has 1 saturated heterocycles. The molecule has 0 aromatic heterocycles. The zero-order valence-electron chi connectivity index (χ0n) is 29.5. The topological polar surface area (TPSA) is 49.9 Å². The lowest BCUT2D eigenvalue weighted by atomic mass is 9.13. The first-order valence-corrected chi connectivity index (χ1v) is 20.0. The second kappa shape index (κ2) is 16.7. The van der Waals surface area contributed by atoms with Gasteiger partial charge in [0.2, 0.25) is 11.3 Å². The van der Waals surface area contributed by atoms with E-state index in [0.29, 0.717) is 31.2 Å². The molecule has 1 aliphatic rings. The summed E-state index contributed by atoms with van der Waals surface area (Å²) in [6.45, 7) is 6.64. The van der Waals surface area contributed by atoms with E-state index in [1.165, 1.54) is 25.6 Å². The summed E-state index contributed by atoms with van der Waals surface area (Å²) in [4.78, 5) is 1.32. The highest BCUT2D eigenvalue weighted by molar-refractivity contribution is 8.05. The summed E-state index contributed by atoms with van der Waals surface area (Å²) in [5, 5.41) is 0. The number of hydrogen-bond donors (Lipinski definition) is 0. The molecular weight excluding hydrogens is 667 g/mol. The van der Waals surface area contributed by atoms with Crippen molar-refractivity contribution in [3.63, 3.8) is 0 Å². The molecule has 0 spiro atoms. The molecule has 0 radical (unpaired) electrons. The molecule has 5 nitrogen and oxygen atoms in total. The van der Waals surface area contributed by atoms with Crippen LogP contribution in [-0.2, 0) is 26.0 Å². The maximum Gasteiger partial charge on any atom is 0.283 e. The molecule has 0 saturated carbocycles. The highest BCUT2D eigenvalue weighted by Crippen LogP contribution is 2.28. The molecule has 8 heteroatoms. The van der Waals surface area contributed by atoms with Gasteiger partial charge in [0.25, 0.3) is 10.0 Å². The minimum absolute atomic E-state index is 0.323. The zero-order chi connectivity index (χ0) is 35.7. The fraction of sp³-hybridized carbons (Fsp3) is 0.163. The average Bonchev–Trinajstić information content (AvgIpc) is 3.19. The highest BCUT2D eigenvalue weighted by Gasteiger charge is 2.45. The number of morpholine rings is 1. The second-order valence-corrected chi connectivity index (χ2v) is 17.1. The van der Waals surface area contributed by atoms with Crippen molar-refractivity contribution in [1.29, 1.82) is 0 Å². The Morgan fingerprint density at radius 3 is 1.27 bits per heavy atom. The maximum absolute atomic E-state index is 13.2. The van der Waals surface area contributed by atoms with E-state index in [4.69, 9.17) is 4.74 Å². The second-order valence-electron chi connectivity index (χ2n) is 12.9. The molecule has 1 aliphatic heterocycles. The fourth-order valence-electron chi connectivity index (χ4n) is 6.91. The van der Waals surface area contributed by atoms with E-state index >= 15 is 0 Å². The van der Waals surface area contributed by atoms with Gasteiger partial charge in [-0.05, 0) is 38.1 Å². The highest BCUT2D eigenvalue weighted by atomic mass is 32.3. The molecule has 7 rings (SSSR count). The van der Waals surface area contributed by atoms with Crippen LogP contribution in [-0.4, -0.2) is 55.9 Å². The molecule has 6 aromatic rings. The predicted molar refractivity (Wildman–Crippen MR) is 215 cm³/mol. The lowest BCUT2D eigenvalue weighted by Gasteiger charge is -2.44. The third-order valence-electron chi connectivity index (χ3n) is 9.55. The van der Waals surface area contributed by atoms with Crippen LogP contribution in [0.1, 0.15) is 11.1 Å². The van der Waals surface area contributed by atoms with E-state index in [9.17, 15) is 8.42 Å². The average molecular weight is 713 g/mol. The Hall–Kier alpha value is -4.44. The molecule has 1 unspecified atom stereocenters. The van der Waals surface area contributed by atoms with Crippen LogP contribution in [0.3, 0.4) is 0 Å². The number of ether oxygens (including phenoxy) is 1. The summed E-state index contributed by atoms with van der Waals surface area (Å²) in [6.07, 6.45) is -1.22. The molecule has 0 bridgehead atoms. The number of aryl methyl sites for hydroxylation is 2. The van der Waals surface area contributed by atoms with Crippen molar-refractivity contribution in [2.45, 2.75) is 23.6 Å². The quantitative estimate of drug-likeness (QED) is 0.140. The SMILES string of the molecule is Cc1ccc([S+](N2CCOCC2)N(C)S(=O)(=O)c2ccc(C)cc2)cc1.c1ccc([B-](c2ccccc2)(c2ccccc2)c2ccccc2)cc1. The fourth-order valence-corrected chi connectivity index (χ4v) is 11.0. The van der Waals surface area contributed by atoms with Crippen molar-refractivity contribution in [2.75, 3.05) is 33.4 Å². The van der Waals surface area contributed by atoms with Crippen molar-refractivity contribution >= 4 is 49.3 Å². The molecule has 260 valence electrons. The summed E-state index contributed by atoms with van der Waals surface area (Å²) in [5.74, 6) is 0. The molecule has 1 heterocycles. The summed E-state index contributed by atoms with van der Waals surface area (Å²) in [5.41, 5.74) is 7.55. The molecule has 0 aliphatic carbocycles. The first kappa shape index (κ1) is 36.4. The zero-order valence-corrected chi connectivity index (χ0v) is 31.1. The Morgan fingerprint density at radius 1 is 0.549 bits per heavy atom. The van der Waals surface area contributed by atoms with Crippen molar-refractivity contribution in [3.05, 3.63) is 181 Å². The van der Waals surface area contributed by atoms with E-state index in [0.717, 1.165) is 16.0 Å². The van der Waals surface area contributed by atoms with Gasteiger partial charge in [-0.25, -0.2) is 8.42 Å². The Morgan fingerprint density at radius 2 is 0.902 bits per heavy atom. The van der Waals surface area contributed by atoms with Gasteiger partial charge in [0.1, 0.15) is 6.15 Å². The number of benzene rings is 6. The van der Waals surface area contributed by atoms with Crippen LogP contribution in [0.15, 0.2) is 180 Å². The summed E-state index contributed by atoms with van der Waals surface area (Å²) in [6, 6.07) is 58.7. The van der Waals surface area contributed by atoms with E-state index in [2.05, 4.69) is 126 Å². The van der Waals surface area contributed by atoms with Crippen LogP contribution in [0.5, 0.6) is 0 Å². The molecule has 1 atom stereocenters. The summed E-state index contributed by atoms with van der Waals surface area (Å²) >= 11 is -0.704. The standard InChI is InChI=1S/C24H20B.C19H25N2O3S2/c1-5-13-21(14-6-1)25(22-15-7-2-8-16-22,23-17-9-3-10-18-23)24-19-11-4-12-20-24;1-16-4-8-18(9-5-16)25(21-12-14-24-15-13-21)20(3)26(22,23)19-10-6-17(2)7-11-19/h1-20H;4-11H,12-15H2,1-3H3/q-1;+1. The number of hydrogen-bond acceptors (Lipinski definition) is 4. The van der Waals surface area contributed by atoms with E-state index in [-0.39, 0.29) is 0 Å². The van der Waals surface area contributed by atoms with Crippen LogP contribution < -0.4 is 21.9 Å². The Kier molecular flexibility index (Phi) is 11.9. The first-order valence-electron chi connectivity index (χ1n) is 17.4. The van der Waals surface area contributed by atoms with Gasteiger partial charge in [-0.1, -0.05) is 161 Å². The molecular formula is C43H45BN2O3S2. The number of nitrogens with zero attached hydrogens (tertiary/aromatic N) is 2. The molecule has 51 heavy (non-hydrogen) atoms. The Balaban J connectivity index is 0.000000176. The smallest absolute Gasteiger partial charge is 0.283 e. The maximum atomic E-state index is 13.2. The third kappa shape index (κ3) is 8.06. The lowest BCUT2D eigenvalue weighted by Crippen LogP contribution is -2.74. The van der Waals surface area contributed by atoms with Crippen LogP contribution in [0.4, 0.5) is 0 Å². The predicted octanol–water partition coefficient (Wildman–Crippen LogP) is 5.83. The van der Waals surface area contributed by atoms with Gasteiger partial charge in [-0.2, -0.15) is 21.9 Å². The van der Waals surface area contributed by atoms with Crippen LogP contribution >= 0.6 is 0 Å². The van der Waals surface area contributed by atoms with Crippen LogP contribution in [0, 0.1) is 13.8 Å². The van der Waals surface area contributed by atoms with Gasteiger partial charge in [-0.15, -0.1) is 0 Å². The van der Waals surface area contributed by atoms with Crippen molar-refractivity contribution in [2.24, 2.45) is 0 Å². The first-order chi connectivity index (χ1) is 24.8. The van der Waals surface area contributed by atoms with E-state index in [1.807, 2.05) is 50.2 Å². The van der Waals surface area contributed by atoms with Crippen LogP contribution in [0.2, 0.25) is 0 Å². The third-order valence-corrected chi connectivity index (χ3v) is 14.1. The molecule has 0 N–H and O–H groups in total. The van der Waals surface area contributed by atoms with Gasteiger partial charge < -0.3 is 4.74 Å². The Bertz CT molecular complexity index is 1900. The van der Waals surface area contributed by atoms with Crippen molar-refractivity contribution in [1.82, 2.24) is 8.02 Å². The molecule has 6 aromatic carbocycles. The normalized spacial score (nSPS) is 14.4. The number of sulfonamides is 1. The number of rotatable bonds is 9.